The van der Waals surface area contributed by atoms with E-state index in [1.165, 1.54) is 4.31 Å². The fraction of sp³-hybridized carbons (Fsp3) is 0.611. The molecule has 0 saturated carbocycles. The van der Waals surface area contributed by atoms with Gasteiger partial charge in [-0.25, -0.2) is 12.7 Å². The lowest BCUT2D eigenvalue weighted by Crippen LogP contribution is -2.48. The summed E-state index contributed by atoms with van der Waals surface area (Å²) in [6.45, 7) is 6.78. The third kappa shape index (κ3) is 5.69. The maximum Gasteiger partial charge on any atom is 0.224 e. The first kappa shape index (κ1) is 20.2. The van der Waals surface area contributed by atoms with Crippen LogP contribution < -0.4 is 5.32 Å². The van der Waals surface area contributed by atoms with Crippen molar-refractivity contribution in [3.8, 4) is 0 Å². The van der Waals surface area contributed by atoms with Crippen molar-refractivity contribution in [1.29, 1.82) is 0 Å². The summed E-state index contributed by atoms with van der Waals surface area (Å²) >= 11 is 5.94. The fourth-order valence-electron chi connectivity index (χ4n) is 2.85. The highest BCUT2D eigenvalue weighted by Gasteiger charge is 2.32. The van der Waals surface area contributed by atoms with Crippen LogP contribution in [0.4, 0.5) is 0 Å². The highest BCUT2D eigenvalue weighted by atomic mass is 35.5. The number of sulfonamides is 1. The molecule has 1 amide bonds. The predicted molar refractivity (Wildman–Crippen MR) is 101 cm³/mol. The first-order chi connectivity index (χ1) is 11.7. The Hall–Kier alpha value is -1.11. The van der Waals surface area contributed by atoms with E-state index in [4.69, 9.17) is 11.6 Å². The highest BCUT2D eigenvalue weighted by Crippen LogP contribution is 2.23. The average molecular weight is 387 g/mol. The molecule has 0 aromatic heterocycles. The van der Waals surface area contributed by atoms with Crippen molar-refractivity contribution in [2.24, 2.45) is 11.8 Å². The Balaban J connectivity index is 2.03. The van der Waals surface area contributed by atoms with Crippen LogP contribution in [0.2, 0.25) is 5.02 Å². The molecule has 1 aromatic carbocycles. The van der Waals surface area contributed by atoms with E-state index in [2.05, 4.69) is 5.32 Å². The van der Waals surface area contributed by atoms with Crippen LogP contribution in [0.1, 0.15) is 39.2 Å². The average Bonchev–Trinajstić information content (AvgIpc) is 2.54. The number of halogens is 1. The lowest BCUT2D eigenvalue weighted by atomic mass is 9.97. The number of carbonyl (C=O) groups is 1. The summed E-state index contributed by atoms with van der Waals surface area (Å²) in [7, 11) is -3.47. The van der Waals surface area contributed by atoms with Crippen molar-refractivity contribution >= 4 is 27.5 Å². The zero-order chi connectivity index (χ0) is 18.6. The molecule has 25 heavy (non-hydrogen) atoms. The molecule has 1 aromatic rings. The normalized spacial score (nSPS) is 20.4. The summed E-state index contributed by atoms with van der Waals surface area (Å²) in [5.74, 6) is -0.0900. The van der Waals surface area contributed by atoms with Crippen LogP contribution in [0.3, 0.4) is 0 Å². The summed E-state index contributed by atoms with van der Waals surface area (Å²) in [6, 6.07) is 6.95. The van der Waals surface area contributed by atoms with Gasteiger partial charge in [0.1, 0.15) is 0 Å². The molecule has 1 N–H and O–H groups in total. The van der Waals surface area contributed by atoms with Crippen molar-refractivity contribution in [1.82, 2.24) is 9.62 Å². The van der Waals surface area contributed by atoms with Crippen LogP contribution in [0.5, 0.6) is 0 Å². The molecule has 7 heteroatoms. The second-order valence-electron chi connectivity index (χ2n) is 7.12. The zero-order valence-electron chi connectivity index (χ0n) is 15.0. The van der Waals surface area contributed by atoms with E-state index in [1.54, 1.807) is 24.3 Å². The van der Waals surface area contributed by atoms with Gasteiger partial charge in [-0.05, 0) is 43.4 Å². The molecule has 0 unspecified atom stereocenters. The van der Waals surface area contributed by atoms with E-state index < -0.39 is 10.0 Å². The Morgan fingerprint density at radius 2 is 2.08 bits per heavy atom. The van der Waals surface area contributed by atoms with Crippen LogP contribution in [0.25, 0.3) is 0 Å². The maximum atomic E-state index is 12.7. The van der Waals surface area contributed by atoms with E-state index in [1.807, 2.05) is 20.8 Å². The van der Waals surface area contributed by atoms with Gasteiger partial charge in [-0.3, -0.25) is 4.79 Å². The molecule has 0 bridgehead atoms. The number of carbonyl (C=O) groups excluding carboxylic acids is 1. The predicted octanol–water partition coefficient (Wildman–Crippen LogP) is 3.04. The summed E-state index contributed by atoms with van der Waals surface area (Å²) in [5.41, 5.74) is 0.660. The van der Waals surface area contributed by atoms with E-state index in [0.29, 0.717) is 29.5 Å². The molecule has 0 radical (unpaired) electrons. The molecule has 1 heterocycles. The number of benzene rings is 1. The van der Waals surface area contributed by atoms with Gasteiger partial charge in [0.2, 0.25) is 15.9 Å². The molecule has 0 spiro atoms. The second-order valence-corrected chi connectivity index (χ2v) is 9.53. The standard InChI is InChI=1S/C18H27ClN2O3S/c1-13(2)14(3)20-18(22)16-7-5-9-21(11-16)25(23,24)12-15-6-4-8-17(19)10-15/h4,6,8,10,13-14,16H,5,7,9,11-12H2,1-3H3,(H,20,22)/t14-,16+/m0/s1. The lowest BCUT2D eigenvalue weighted by Gasteiger charge is -2.32. The van der Waals surface area contributed by atoms with Gasteiger partial charge in [0.15, 0.2) is 0 Å². The van der Waals surface area contributed by atoms with Gasteiger partial charge >= 0.3 is 0 Å². The Morgan fingerprint density at radius 1 is 1.36 bits per heavy atom. The lowest BCUT2D eigenvalue weighted by molar-refractivity contribution is -0.127. The van der Waals surface area contributed by atoms with Gasteiger partial charge in [-0.2, -0.15) is 0 Å². The second kappa shape index (κ2) is 8.52. The molecule has 1 saturated heterocycles. The minimum atomic E-state index is -3.47. The van der Waals surface area contributed by atoms with E-state index in [0.717, 1.165) is 6.42 Å². The van der Waals surface area contributed by atoms with Gasteiger partial charge in [0.05, 0.1) is 11.7 Å². The fourth-order valence-corrected chi connectivity index (χ4v) is 4.66. The third-order valence-corrected chi connectivity index (χ3v) is 6.81. The van der Waals surface area contributed by atoms with Crippen LogP contribution >= 0.6 is 11.6 Å². The highest BCUT2D eigenvalue weighted by molar-refractivity contribution is 7.88. The molecule has 1 aliphatic heterocycles. The van der Waals surface area contributed by atoms with Crippen molar-refractivity contribution in [2.75, 3.05) is 13.1 Å². The quantitative estimate of drug-likeness (QED) is 0.817. The summed E-state index contributed by atoms with van der Waals surface area (Å²) in [5, 5.41) is 3.52. The van der Waals surface area contributed by atoms with Gasteiger partial charge in [-0.15, -0.1) is 0 Å². The Morgan fingerprint density at radius 3 is 2.72 bits per heavy atom. The van der Waals surface area contributed by atoms with Crippen LogP contribution in [-0.4, -0.2) is 37.8 Å². The van der Waals surface area contributed by atoms with Crippen molar-refractivity contribution in [3.63, 3.8) is 0 Å². The minimum Gasteiger partial charge on any atom is -0.353 e. The largest absolute Gasteiger partial charge is 0.353 e. The smallest absolute Gasteiger partial charge is 0.224 e. The molecule has 0 aliphatic carbocycles. The molecular weight excluding hydrogens is 360 g/mol. The number of hydrogen-bond acceptors (Lipinski definition) is 3. The van der Waals surface area contributed by atoms with Crippen LogP contribution in [0.15, 0.2) is 24.3 Å². The Labute approximate surface area is 155 Å². The number of hydrogen-bond donors (Lipinski definition) is 1. The van der Waals surface area contributed by atoms with Crippen molar-refractivity contribution < 1.29 is 13.2 Å². The first-order valence-corrected chi connectivity index (χ1v) is 10.7. The topological polar surface area (TPSA) is 66.5 Å². The molecule has 1 aliphatic rings. The van der Waals surface area contributed by atoms with Crippen LogP contribution in [0, 0.1) is 11.8 Å². The van der Waals surface area contributed by atoms with Gasteiger partial charge < -0.3 is 5.32 Å². The Bertz CT molecular complexity index is 706. The molecule has 2 atom stereocenters. The first-order valence-electron chi connectivity index (χ1n) is 8.71. The summed E-state index contributed by atoms with van der Waals surface area (Å²) < 4.78 is 26.9. The molecule has 1 fully saturated rings. The summed E-state index contributed by atoms with van der Waals surface area (Å²) in [4.78, 5) is 12.4. The number of amides is 1. The van der Waals surface area contributed by atoms with E-state index in [-0.39, 0.29) is 30.2 Å². The number of nitrogens with one attached hydrogen (secondary N) is 1. The number of piperidine rings is 1. The van der Waals surface area contributed by atoms with Gasteiger partial charge in [0, 0.05) is 24.2 Å². The van der Waals surface area contributed by atoms with E-state index in [9.17, 15) is 13.2 Å². The Kier molecular flexibility index (Phi) is 6.88. The number of nitrogens with zero attached hydrogens (tertiary/aromatic N) is 1. The molecule has 5 nitrogen and oxygen atoms in total. The van der Waals surface area contributed by atoms with Crippen molar-refractivity contribution in [3.05, 3.63) is 34.9 Å². The molecule has 2 rings (SSSR count). The van der Waals surface area contributed by atoms with Gasteiger partial charge in [-0.1, -0.05) is 37.6 Å². The number of rotatable bonds is 6. The summed E-state index contributed by atoms with van der Waals surface area (Å²) in [6.07, 6.45) is 1.42. The third-order valence-electron chi connectivity index (χ3n) is 4.76. The SMILES string of the molecule is CC(C)[C@H](C)NC(=O)[C@@H]1CCCN(S(=O)(=O)Cc2cccc(Cl)c2)C1. The molecular formula is C18H27ClN2O3S. The maximum absolute atomic E-state index is 12.7. The van der Waals surface area contributed by atoms with Crippen molar-refractivity contribution in [2.45, 2.75) is 45.4 Å². The van der Waals surface area contributed by atoms with Gasteiger partial charge in [0.25, 0.3) is 0 Å². The van der Waals surface area contributed by atoms with Crippen LogP contribution in [-0.2, 0) is 20.6 Å². The zero-order valence-corrected chi connectivity index (χ0v) is 16.6. The van der Waals surface area contributed by atoms with E-state index >= 15 is 0 Å². The molecule has 140 valence electrons. The minimum absolute atomic E-state index is 0.0520. The monoisotopic (exact) mass is 386 g/mol.